The number of carboxylic acids is 1. The molecule has 2 rings (SSSR count). The van der Waals surface area contributed by atoms with Crippen molar-refractivity contribution < 1.29 is 24.5 Å². The van der Waals surface area contributed by atoms with E-state index in [-0.39, 0.29) is 23.6 Å². The Kier molecular flexibility index (Phi) is 4.01. The molecule has 0 fully saturated rings. The highest BCUT2D eigenvalue weighted by molar-refractivity contribution is 6.32. The minimum atomic E-state index is -0.956. The predicted octanol–water partition coefficient (Wildman–Crippen LogP) is 1.68. The second kappa shape index (κ2) is 5.54. The fraction of sp³-hybridized carbons (Fsp3) is 0.417. The molecular formula is C12H14ClNO5. The summed E-state index contributed by atoms with van der Waals surface area (Å²) in [6.07, 6.45) is 0.0573. The van der Waals surface area contributed by atoms with Gasteiger partial charge in [0.25, 0.3) is 0 Å². The summed E-state index contributed by atoms with van der Waals surface area (Å²) in [7, 11) is 0. The number of ether oxygens (including phenoxy) is 2. The van der Waals surface area contributed by atoms with Crippen molar-refractivity contribution in [1.29, 1.82) is 0 Å². The molecule has 6 nitrogen and oxygen atoms in total. The van der Waals surface area contributed by atoms with Crippen molar-refractivity contribution in [1.82, 2.24) is 0 Å². The molecule has 0 saturated carbocycles. The normalized spacial score (nSPS) is 15.1. The number of hydrogen-bond acceptors (Lipinski definition) is 5. The second-order valence-corrected chi connectivity index (χ2v) is 4.59. The van der Waals surface area contributed by atoms with Crippen molar-refractivity contribution in [3.8, 4) is 17.2 Å². The minimum absolute atomic E-state index is 0.102. The lowest BCUT2D eigenvalue weighted by Crippen LogP contribution is -2.20. The fourth-order valence-corrected chi connectivity index (χ4v) is 2.14. The van der Waals surface area contributed by atoms with E-state index in [0.717, 1.165) is 0 Å². The van der Waals surface area contributed by atoms with Crippen molar-refractivity contribution in [3.05, 3.63) is 16.7 Å². The summed E-state index contributed by atoms with van der Waals surface area (Å²) in [6, 6.07) is 0.768. The Hall–Kier alpha value is -1.66. The molecule has 0 saturated heterocycles. The van der Waals surface area contributed by atoms with Gasteiger partial charge in [-0.3, -0.25) is 4.79 Å². The van der Waals surface area contributed by atoms with Gasteiger partial charge in [0.1, 0.15) is 19.0 Å². The van der Waals surface area contributed by atoms with Gasteiger partial charge < -0.3 is 25.4 Å². The maximum Gasteiger partial charge on any atom is 0.303 e. The second-order valence-electron chi connectivity index (χ2n) is 4.18. The Morgan fingerprint density at radius 3 is 2.84 bits per heavy atom. The molecule has 104 valence electrons. The first-order valence-electron chi connectivity index (χ1n) is 5.79. The van der Waals surface area contributed by atoms with Crippen molar-refractivity contribution in [2.45, 2.75) is 18.9 Å². The van der Waals surface area contributed by atoms with Gasteiger partial charge in [-0.15, -0.1) is 0 Å². The third-order valence-corrected chi connectivity index (χ3v) is 3.12. The summed E-state index contributed by atoms with van der Waals surface area (Å²) >= 11 is 5.90. The smallest absolute Gasteiger partial charge is 0.303 e. The molecule has 19 heavy (non-hydrogen) atoms. The monoisotopic (exact) mass is 287 g/mol. The largest absolute Gasteiger partial charge is 0.506 e. The first-order chi connectivity index (χ1) is 9.00. The third kappa shape index (κ3) is 2.85. The van der Waals surface area contributed by atoms with Crippen molar-refractivity contribution in [2.24, 2.45) is 5.73 Å². The van der Waals surface area contributed by atoms with Gasteiger partial charge in [-0.2, -0.15) is 0 Å². The van der Waals surface area contributed by atoms with Gasteiger partial charge in [-0.1, -0.05) is 11.6 Å². The number of aromatic hydroxyl groups is 1. The lowest BCUT2D eigenvalue weighted by Gasteiger charge is -2.24. The van der Waals surface area contributed by atoms with Crippen LogP contribution in [0.1, 0.15) is 24.4 Å². The molecule has 0 aromatic heterocycles. The summed E-state index contributed by atoms with van der Waals surface area (Å²) in [5.41, 5.74) is 6.21. The zero-order chi connectivity index (χ0) is 14.0. The van der Waals surface area contributed by atoms with E-state index >= 15 is 0 Å². The highest BCUT2D eigenvalue weighted by Crippen LogP contribution is 2.46. The molecule has 7 heteroatoms. The quantitative estimate of drug-likeness (QED) is 0.779. The molecule has 1 atom stereocenters. The topological polar surface area (TPSA) is 102 Å². The van der Waals surface area contributed by atoms with E-state index in [9.17, 15) is 9.90 Å². The van der Waals surface area contributed by atoms with E-state index in [1.165, 1.54) is 6.07 Å². The van der Waals surface area contributed by atoms with Crippen LogP contribution in [0.3, 0.4) is 0 Å². The molecule has 1 unspecified atom stereocenters. The van der Waals surface area contributed by atoms with E-state index in [1.807, 2.05) is 0 Å². The summed E-state index contributed by atoms with van der Waals surface area (Å²) in [6.45, 7) is 0.727. The van der Waals surface area contributed by atoms with E-state index in [0.29, 0.717) is 30.3 Å². The van der Waals surface area contributed by atoms with Crippen LogP contribution in [-0.2, 0) is 4.79 Å². The molecule has 0 bridgehead atoms. The Morgan fingerprint density at radius 2 is 2.16 bits per heavy atom. The zero-order valence-corrected chi connectivity index (χ0v) is 10.8. The number of benzene rings is 1. The average molecular weight is 288 g/mol. The van der Waals surface area contributed by atoms with Gasteiger partial charge >= 0.3 is 5.97 Å². The van der Waals surface area contributed by atoms with Crippen LogP contribution in [0.2, 0.25) is 5.02 Å². The number of phenolic OH excluding ortho intramolecular Hbond substituents is 1. The van der Waals surface area contributed by atoms with Crippen LogP contribution in [0.4, 0.5) is 0 Å². The fourth-order valence-electron chi connectivity index (χ4n) is 1.94. The van der Waals surface area contributed by atoms with Crippen molar-refractivity contribution in [2.75, 3.05) is 13.2 Å². The van der Waals surface area contributed by atoms with Crippen molar-refractivity contribution >= 4 is 17.6 Å². The van der Waals surface area contributed by atoms with Gasteiger partial charge in [0.15, 0.2) is 11.5 Å². The summed E-state index contributed by atoms with van der Waals surface area (Å²) in [4.78, 5) is 10.6. The Morgan fingerprint density at radius 1 is 1.47 bits per heavy atom. The van der Waals surface area contributed by atoms with E-state index < -0.39 is 12.0 Å². The van der Waals surface area contributed by atoms with Crippen LogP contribution in [-0.4, -0.2) is 29.4 Å². The standard InChI is InChI=1S/C12H14ClNO5/c13-6-5-8-12(19-4-3-18-8)10(11(6)17)7(14)1-2-9(15)16/h5,7,17H,1-4,14H2,(H,15,16). The van der Waals surface area contributed by atoms with Crippen LogP contribution >= 0.6 is 11.6 Å². The minimum Gasteiger partial charge on any atom is -0.506 e. The lowest BCUT2D eigenvalue weighted by molar-refractivity contribution is -0.137. The van der Waals surface area contributed by atoms with Gasteiger partial charge in [0.05, 0.1) is 10.6 Å². The Balaban J connectivity index is 2.37. The van der Waals surface area contributed by atoms with E-state index in [1.54, 1.807) is 0 Å². The molecule has 0 spiro atoms. The molecule has 0 amide bonds. The average Bonchev–Trinajstić information content (AvgIpc) is 2.37. The molecule has 1 aromatic carbocycles. The number of carboxylic acid groups (broad SMARTS) is 1. The summed E-state index contributed by atoms with van der Waals surface area (Å²) < 4.78 is 10.8. The van der Waals surface area contributed by atoms with E-state index in [4.69, 9.17) is 31.9 Å². The lowest BCUT2D eigenvalue weighted by atomic mass is 10.00. The molecule has 1 aliphatic rings. The number of rotatable bonds is 4. The molecule has 0 radical (unpaired) electrons. The number of nitrogens with two attached hydrogens (primary N) is 1. The first-order valence-corrected chi connectivity index (χ1v) is 6.17. The van der Waals surface area contributed by atoms with Crippen molar-refractivity contribution in [3.63, 3.8) is 0 Å². The van der Waals surface area contributed by atoms with Gasteiger partial charge in [-0.05, 0) is 6.42 Å². The zero-order valence-electron chi connectivity index (χ0n) is 10.1. The maximum atomic E-state index is 10.6. The molecule has 1 aliphatic heterocycles. The number of hydrogen-bond donors (Lipinski definition) is 3. The third-order valence-electron chi connectivity index (χ3n) is 2.83. The maximum absolute atomic E-state index is 10.6. The van der Waals surface area contributed by atoms with Gasteiger partial charge in [0, 0.05) is 18.5 Å². The van der Waals surface area contributed by atoms with Gasteiger partial charge in [0.2, 0.25) is 0 Å². The number of phenols is 1. The molecular weight excluding hydrogens is 274 g/mol. The molecule has 0 aliphatic carbocycles. The predicted molar refractivity (Wildman–Crippen MR) is 67.9 cm³/mol. The Labute approximate surface area is 114 Å². The van der Waals surface area contributed by atoms with Crippen LogP contribution in [0, 0.1) is 0 Å². The van der Waals surface area contributed by atoms with Crippen LogP contribution in [0.5, 0.6) is 17.2 Å². The molecule has 4 N–H and O–H groups in total. The summed E-state index contributed by atoms with van der Waals surface area (Å²) in [5.74, 6) is -0.396. The van der Waals surface area contributed by atoms with E-state index in [2.05, 4.69) is 0 Å². The number of fused-ring (bicyclic) bond motifs is 1. The Bertz CT molecular complexity index is 505. The van der Waals surface area contributed by atoms with Crippen LogP contribution < -0.4 is 15.2 Å². The number of carbonyl (C=O) groups is 1. The molecule has 1 heterocycles. The van der Waals surface area contributed by atoms with Crippen LogP contribution in [0.15, 0.2) is 6.07 Å². The molecule has 1 aromatic rings. The number of halogens is 1. The highest BCUT2D eigenvalue weighted by atomic mass is 35.5. The number of aliphatic carboxylic acids is 1. The summed E-state index contributed by atoms with van der Waals surface area (Å²) in [5, 5.41) is 18.8. The highest BCUT2D eigenvalue weighted by Gasteiger charge is 2.26. The van der Waals surface area contributed by atoms with Gasteiger partial charge in [-0.25, -0.2) is 0 Å². The SMILES string of the molecule is NC(CCC(=O)O)c1c(O)c(Cl)cc2c1OCCO2. The first kappa shape index (κ1) is 13.8. The van der Waals surface area contributed by atoms with Crippen LogP contribution in [0.25, 0.3) is 0 Å².